The van der Waals surface area contributed by atoms with Gasteiger partial charge in [0.1, 0.15) is 16.5 Å². The van der Waals surface area contributed by atoms with Crippen LogP contribution < -0.4 is 10.0 Å². The molecular weight excluding hydrogens is 498 g/mol. The Hall–Kier alpha value is -3.21. The van der Waals surface area contributed by atoms with E-state index in [0.29, 0.717) is 38.9 Å². The van der Waals surface area contributed by atoms with Gasteiger partial charge in [-0.15, -0.1) is 0 Å². The van der Waals surface area contributed by atoms with Crippen molar-refractivity contribution in [3.8, 4) is 0 Å². The number of aromatic nitrogens is 1. The van der Waals surface area contributed by atoms with Crippen molar-refractivity contribution < 1.29 is 22.0 Å². The number of amides is 1. The topological polar surface area (TPSA) is 91.4 Å². The van der Waals surface area contributed by atoms with Gasteiger partial charge in [-0.05, 0) is 60.7 Å². The zero-order chi connectivity index (χ0) is 26.3. The molecule has 1 saturated heterocycles. The third-order valence-electron chi connectivity index (χ3n) is 6.49. The summed E-state index contributed by atoms with van der Waals surface area (Å²) in [4.78, 5) is 18.5. The predicted molar refractivity (Wildman–Crippen MR) is 136 cm³/mol. The molecule has 0 aliphatic carbocycles. The summed E-state index contributed by atoms with van der Waals surface area (Å²) in [5, 5.41) is 2.99. The second-order valence-corrected chi connectivity index (χ2v) is 10.9. The van der Waals surface area contributed by atoms with Crippen LogP contribution >= 0.6 is 0 Å². The smallest absolute Gasteiger partial charge is 0.243 e. The molecule has 1 fully saturated rings. The quantitative estimate of drug-likeness (QED) is 0.422. The van der Waals surface area contributed by atoms with Gasteiger partial charge >= 0.3 is 0 Å². The molecule has 0 spiro atoms. The lowest BCUT2D eigenvalue weighted by molar-refractivity contribution is -0.122. The van der Waals surface area contributed by atoms with Crippen molar-refractivity contribution in [2.75, 3.05) is 26.2 Å². The Bertz CT molecular complexity index is 1280. The fraction of sp³-hybridized carbons (Fsp3) is 0.333. The molecule has 1 unspecified atom stereocenters. The minimum absolute atomic E-state index is 0.0488. The Morgan fingerprint density at radius 2 is 1.76 bits per heavy atom. The van der Waals surface area contributed by atoms with Crippen LogP contribution in [0.5, 0.6) is 0 Å². The molecule has 37 heavy (non-hydrogen) atoms. The summed E-state index contributed by atoms with van der Waals surface area (Å²) in [6.45, 7) is 1.65. The first-order valence-corrected chi connectivity index (χ1v) is 13.7. The lowest BCUT2D eigenvalue weighted by atomic mass is 9.92. The number of benzene rings is 2. The summed E-state index contributed by atoms with van der Waals surface area (Å²) >= 11 is 0. The summed E-state index contributed by atoms with van der Waals surface area (Å²) < 4.78 is 55.0. The number of rotatable bonds is 10. The van der Waals surface area contributed by atoms with E-state index in [-0.39, 0.29) is 35.1 Å². The van der Waals surface area contributed by atoms with Gasteiger partial charge in [-0.1, -0.05) is 30.3 Å². The maximum absolute atomic E-state index is 13.9. The number of carbonyl (C=O) groups excluding carboxylic acids is 1. The molecule has 1 amide bonds. The average molecular weight is 529 g/mol. The van der Waals surface area contributed by atoms with Gasteiger partial charge in [0.15, 0.2) is 0 Å². The summed E-state index contributed by atoms with van der Waals surface area (Å²) in [5.41, 5.74) is 1.94. The molecule has 0 radical (unpaired) electrons. The highest BCUT2D eigenvalue weighted by molar-refractivity contribution is 7.89. The van der Waals surface area contributed by atoms with Crippen molar-refractivity contribution >= 4 is 15.9 Å². The Labute approximate surface area is 216 Å². The molecule has 2 N–H and O–H groups in total. The number of hydrogen-bond donors (Lipinski definition) is 2. The summed E-state index contributed by atoms with van der Waals surface area (Å²) in [6.07, 6.45) is 5.16. The molecule has 0 bridgehead atoms. The van der Waals surface area contributed by atoms with Crippen LogP contribution in [-0.2, 0) is 21.2 Å². The lowest BCUT2D eigenvalue weighted by Crippen LogP contribution is -2.47. The molecule has 1 aliphatic heterocycles. The van der Waals surface area contributed by atoms with Gasteiger partial charge in [0, 0.05) is 44.0 Å². The molecule has 196 valence electrons. The van der Waals surface area contributed by atoms with E-state index in [0.717, 1.165) is 17.2 Å². The van der Waals surface area contributed by atoms with E-state index in [9.17, 15) is 22.0 Å². The van der Waals surface area contributed by atoms with Gasteiger partial charge in [-0.2, -0.15) is 0 Å². The number of nitrogens with one attached hydrogen (secondary N) is 2. The lowest BCUT2D eigenvalue weighted by Gasteiger charge is -2.31. The Kier molecular flexibility index (Phi) is 8.96. The number of likely N-dealkylation sites (tertiary alicyclic amines) is 1. The minimum atomic E-state index is -3.95. The van der Waals surface area contributed by atoms with Crippen LogP contribution in [0.25, 0.3) is 0 Å². The van der Waals surface area contributed by atoms with E-state index in [1.807, 2.05) is 17.0 Å². The zero-order valence-corrected chi connectivity index (χ0v) is 21.1. The first kappa shape index (κ1) is 26.8. The molecule has 2 heterocycles. The van der Waals surface area contributed by atoms with Crippen molar-refractivity contribution in [3.05, 3.63) is 95.8 Å². The number of pyridine rings is 1. The average Bonchev–Trinajstić information content (AvgIpc) is 2.89. The Morgan fingerprint density at radius 1 is 1.03 bits per heavy atom. The number of halogens is 2. The molecule has 10 heteroatoms. The van der Waals surface area contributed by atoms with Gasteiger partial charge < -0.3 is 5.32 Å². The molecule has 1 aromatic heterocycles. The van der Waals surface area contributed by atoms with Crippen LogP contribution in [0.2, 0.25) is 0 Å². The summed E-state index contributed by atoms with van der Waals surface area (Å²) in [7, 11) is -3.95. The highest BCUT2D eigenvalue weighted by atomic mass is 32.2. The van der Waals surface area contributed by atoms with Gasteiger partial charge in [-0.3, -0.25) is 14.7 Å². The summed E-state index contributed by atoms with van der Waals surface area (Å²) in [6, 6.07) is 15.1. The van der Waals surface area contributed by atoms with Crippen LogP contribution in [0.3, 0.4) is 0 Å². The van der Waals surface area contributed by atoms with E-state index in [1.54, 1.807) is 24.5 Å². The van der Waals surface area contributed by atoms with Crippen molar-refractivity contribution in [3.63, 3.8) is 0 Å². The van der Waals surface area contributed by atoms with Crippen LogP contribution in [-0.4, -0.2) is 56.4 Å². The van der Waals surface area contributed by atoms with Crippen LogP contribution in [0.4, 0.5) is 8.78 Å². The van der Waals surface area contributed by atoms with Gasteiger partial charge in [-0.25, -0.2) is 21.9 Å². The number of nitrogens with zero attached hydrogens (tertiary/aromatic N) is 2. The zero-order valence-electron chi connectivity index (χ0n) is 20.3. The van der Waals surface area contributed by atoms with Crippen molar-refractivity contribution in [1.29, 1.82) is 0 Å². The number of piperidine rings is 1. The standard InChI is InChI=1S/C27H30F2N4O3S/c28-23-9-7-21(8-10-23)22(16-20-4-3-13-30-17-20)18-31-27(34)19-33-14-11-24(12-15-33)32-37(35,36)26-6-2-1-5-25(26)29/h1-10,13,17,22,24,32H,11-12,14-16,18-19H2,(H,31,34). The second-order valence-electron chi connectivity index (χ2n) is 9.22. The SMILES string of the molecule is O=C(CN1CCC(NS(=O)(=O)c2ccccc2F)CC1)NCC(Cc1cccnc1)c1ccc(F)cc1. The molecule has 1 aliphatic rings. The summed E-state index contributed by atoms with van der Waals surface area (Å²) in [5.74, 6) is -1.28. The number of sulfonamides is 1. The normalized spacial score (nSPS) is 15.8. The molecule has 0 saturated carbocycles. The molecule has 1 atom stereocenters. The molecule has 7 nitrogen and oxygen atoms in total. The number of hydrogen-bond acceptors (Lipinski definition) is 5. The van der Waals surface area contributed by atoms with Crippen LogP contribution in [0.15, 0.2) is 78.0 Å². The number of carbonyl (C=O) groups is 1. The van der Waals surface area contributed by atoms with Crippen molar-refractivity contribution in [2.24, 2.45) is 0 Å². The maximum Gasteiger partial charge on any atom is 0.243 e. The largest absolute Gasteiger partial charge is 0.354 e. The second kappa shape index (κ2) is 12.4. The van der Waals surface area contributed by atoms with E-state index in [4.69, 9.17) is 0 Å². The minimum Gasteiger partial charge on any atom is -0.354 e. The highest BCUT2D eigenvalue weighted by Crippen LogP contribution is 2.21. The van der Waals surface area contributed by atoms with E-state index < -0.39 is 15.8 Å². The molecule has 2 aromatic carbocycles. The molecular formula is C27H30F2N4O3S. The van der Waals surface area contributed by atoms with Crippen molar-refractivity contribution in [2.45, 2.75) is 36.1 Å². The third-order valence-corrected chi connectivity index (χ3v) is 8.05. The predicted octanol–water partition coefficient (Wildman–Crippen LogP) is 3.25. The van der Waals surface area contributed by atoms with Crippen molar-refractivity contribution in [1.82, 2.24) is 19.9 Å². The van der Waals surface area contributed by atoms with Crippen LogP contribution in [0.1, 0.15) is 29.9 Å². The van der Waals surface area contributed by atoms with Crippen LogP contribution in [0, 0.1) is 11.6 Å². The van der Waals surface area contributed by atoms with Gasteiger partial charge in [0.2, 0.25) is 15.9 Å². The Balaban J connectivity index is 1.27. The monoisotopic (exact) mass is 528 g/mol. The maximum atomic E-state index is 13.9. The van der Waals surface area contributed by atoms with Gasteiger partial charge in [0.05, 0.1) is 6.54 Å². The fourth-order valence-corrected chi connectivity index (χ4v) is 5.88. The molecule has 4 rings (SSSR count). The third kappa shape index (κ3) is 7.64. The fourth-order valence-electron chi connectivity index (χ4n) is 4.50. The first-order chi connectivity index (χ1) is 17.8. The van der Waals surface area contributed by atoms with E-state index in [1.165, 1.54) is 30.3 Å². The Morgan fingerprint density at radius 3 is 2.43 bits per heavy atom. The van der Waals surface area contributed by atoms with E-state index >= 15 is 0 Å². The van der Waals surface area contributed by atoms with E-state index in [2.05, 4.69) is 15.0 Å². The first-order valence-electron chi connectivity index (χ1n) is 12.2. The van der Waals surface area contributed by atoms with Gasteiger partial charge in [0.25, 0.3) is 0 Å². The molecule has 3 aromatic rings. The highest BCUT2D eigenvalue weighted by Gasteiger charge is 2.27.